The fourth-order valence-electron chi connectivity index (χ4n) is 1.39. The van der Waals surface area contributed by atoms with Crippen molar-refractivity contribution in [3.8, 4) is 0 Å². The van der Waals surface area contributed by atoms with E-state index in [2.05, 4.69) is 10.6 Å². The number of nitrogens with one attached hydrogen (secondary N) is 2. The molecule has 0 heterocycles. The maximum absolute atomic E-state index is 11.5. The number of carboxylic acid groups (broad SMARTS) is 1. The number of carbonyl (C=O) groups is 3. The predicted octanol–water partition coefficient (Wildman–Crippen LogP) is 0.409. The van der Waals surface area contributed by atoms with Crippen molar-refractivity contribution in [2.24, 2.45) is 0 Å². The zero-order chi connectivity index (χ0) is 14.7. The molecule has 3 amide bonds. The molecule has 0 aliphatic rings. The summed E-state index contributed by atoms with van der Waals surface area (Å²) in [6, 6.07) is -0.507. The summed E-state index contributed by atoms with van der Waals surface area (Å²) in [4.78, 5) is 35.0. The molecule has 19 heavy (non-hydrogen) atoms. The van der Waals surface area contributed by atoms with Gasteiger partial charge in [-0.05, 0) is 13.0 Å². The van der Waals surface area contributed by atoms with Gasteiger partial charge in [-0.25, -0.2) is 4.79 Å². The second kappa shape index (κ2) is 10.3. The van der Waals surface area contributed by atoms with Crippen molar-refractivity contribution < 1.29 is 19.5 Å². The van der Waals surface area contributed by atoms with Crippen LogP contribution in [0, 0.1) is 0 Å². The highest BCUT2D eigenvalue weighted by Crippen LogP contribution is 1.91. The fraction of sp³-hybridized carbons (Fsp3) is 0.750. The summed E-state index contributed by atoms with van der Waals surface area (Å²) in [5, 5.41) is 13.4. The molecule has 7 heteroatoms. The molecule has 0 aromatic heterocycles. The normalized spacial score (nSPS) is 10.3. The summed E-state index contributed by atoms with van der Waals surface area (Å²) in [7, 11) is 0. The third-order valence-corrected chi connectivity index (χ3v) is 2.53. The lowest BCUT2D eigenvalue weighted by molar-refractivity contribution is -0.137. The molecule has 0 aliphatic heterocycles. The maximum Gasteiger partial charge on any atom is 0.321 e. The molecule has 0 rings (SSSR count). The molecule has 0 aromatic carbocycles. The van der Waals surface area contributed by atoms with Crippen LogP contribution < -0.4 is 10.6 Å². The molecule has 0 aliphatic carbocycles. The van der Waals surface area contributed by atoms with E-state index in [4.69, 9.17) is 5.11 Å². The van der Waals surface area contributed by atoms with Crippen molar-refractivity contribution in [3.05, 3.63) is 0 Å². The van der Waals surface area contributed by atoms with Gasteiger partial charge in [-0.15, -0.1) is 0 Å². The van der Waals surface area contributed by atoms with Crippen molar-refractivity contribution in [2.45, 2.75) is 33.1 Å². The van der Waals surface area contributed by atoms with Crippen molar-refractivity contribution in [1.29, 1.82) is 0 Å². The topological polar surface area (TPSA) is 98.7 Å². The maximum atomic E-state index is 11.5. The Bertz CT molecular complexity index is 307. The highest BCUT2D eigenvalue weighted by atomic mass is 16.4. The smallest absolute Gasteiger partial charge is 0.321 e. The van der Waals surface area contributed by atoms with E-state index < -0.39 is 17.9 Å². The standard InChI is InChI=1S/C12H23N3O4/c1-3-5-7-13-12(19)14-10(16)9-15(4-2)8-6-11(17)18/h3-9H2,1-2H3,(H,17,18)(H2,13,14,16,19). The molecule has 110 valence electrons. The first-order valence-electron chi connectivity index (χ1n) is 6.51. The van der Waals surface area contributed by atoms with Crippen LogP contribution >= 0.6 is 0 Å². The quantitative estimate of drug-likeness (QED) is 0.528. The van der Waals surface area contributed by atoms with Gasteiger partial charge in [-0.3, -0.25) is 19.8 Å². The highest BCUT2D eigenvalue weighted by molar-refractivity contribution is 5.95. The van der Waals surface area contributed by atoms with E-state index in [9.17, 15) is 14.4 Å². The van der Waals surface area contributed by atoms with Crippen molar-refractivity contribution in [1.82, 2.24) is 15.5 Å². The second-order valence-electron chi connectivity index (χ2n) is 4.17. The summed E-state index contributed by atoms with van der Waals surface area (Å²) in [5.74, 6) is -1.34. The Morgan fingerprint density at radius 2 is 1.89 bits per heavy atom. The third-order valence-electron chi connectivity index (χ3n) is 2.53. The van der Waals surface area contributed by atoms with E-state index in [1.54, 1.807) is 4.90 Å². The Labute approximate surface area is 113 Å². The fourth-order valence-corrected chi connectivity index (χ4v) is 1.39. The number of nitrogens with zero attached hydrogens (tertiary/aromatic N) is 1. The van der Waals surface area contributed by atoms with Crippen LogP contribution in [-0.4, -0.2) is 54.1 Å². The van der Waals surface area contributed by atoms with Gasteiger partial charge in [0.25, 0.3) is 0 Å². The average molecular weight is 273 g/mol. The number of carboxylic acids is 1. The van der Waals surface area contributed by atoms with E-state index in [0.717, 1.165) is 12.8 Å². The Morgan fingerprint density at radius 3 is 2.42 bits per heavy atom. The van der Waals surface area contributed by atoms with Gasteiger partial charge < -0.3 is 10.4 Å². The van der Waals surface area contributed by atoms with Crippen molar-refractivity contribution in [3.63, 3.8) is 0 Å². The summed E-state index contributed by atoms with van der Waals surface area (Å²) >= 11 is 0. The lowest BCUT2D eigenvalue weighted by Gasteiger charge is -2.18. The predicted molar refractivity (Wildman–Crippen MR) is 70.8 cm³/mol. The summed E-state index contributed by atoms with van der Waals surface area (Å²) in [5.41, 5.74) is 0. The molecular weight excluding hydrogens is 250 g/mol. The molecular formula is C12H23N3O4. The van der Waals surface area contributed by atoms with Gasteiger partial charge in [0.1, 0.15) is 0 Å². The lowest BCUT2D eigenvalue weighted by Crippen LogP contribution is -2.45. The van der Waals surface area contributed by atoms with Crippen LogP contribution in [0.3, 0.4) is 0 Å². The van der Waals surface area contributed by atoms with Crippen LogP contribution in [0.25, 0.3) is 0 Å². The molecule has 0 atom stereocenters. The largest absolute Gasteiger partial charge is 0.481 e. The molecule has 3 N–H and O–H groups in total. The Morgan fingerprint density at radius 1 is 1.21 bits per heavy atom. The number of likely N-dealkylation sites (N-methyl/N-ethyl adjacent to an activating group) is 1. The molecule has 0 fully saturated rings. The van der Waals surface area contributed by atoms with E-state index in [1.165, 1.54) is 0 Å². The van der Waals surface area contributed by atoms with Gasteiger partial charge in [-0.1, -0.05) is 20.3 Å². The van der Waals surface area contributed by atoms with Crippen LogP contribution in [0.15, 0.2) is 0 Å². The van der Waals surface area contributed by atoms with E-state index in [-0.39, 0.29) is 19.5 Å². The van der Waals surface area contributed by atoms with Crippen LogP contribution in [0.1, 0.15) is 33.1 Å². The minimum atomic E-state index is -0.906. The zero-order valence-electron chi connectivity index (χ0n) is 11.6. The van der Waals surface area contributed by atoms with Crippen molar-refractivity contribution in [2.75, 3.05) is 26.2 Å². The SMILES string of the molecule is CCCCNC(=O)NC(=O)CN(CC)CCC(=O)O. The number of unbranched alkanes of at least 4 members (excludes halogenated alkanes) is 1. The van der Waals surface area contributed by atoms with Crippen molar-refractivity contribution >= 4 is 17.9 Å². The lowest BCUT2D eigenvalue weighted by atomic mass is 10.3. The van der Waals surface area contributed by atoms with Crippen LogP contribution in [0.2, 0.25) is 0 Å². The van der Waals surface area contributed by atoms with Crippen LogP contribution in [0.5, 0.6) is 0 Å². The monoisotopic (exact) mass is 273 g/mol. The van der Waals surface area contributed by atoms with E-state index >= 15 is 0 Å². The molecule has 0 spiro atoms. The Kier molecular flexibility index (Phi) is 9.42. The molecule has 0 radical (unpaired) electrons. The molecule has 0 unspecified atom stereocenters. The molecule has 0 aromatic rings. The number of hydrogen-bond acceptors (Lipinski definition) is 4. The minimum Gasteiger partial charge on any atom is -0.481 e. The number of imide groups is 1. The number of amides is 3. The zero-order valence-corrected chi connectivity index (χ0v) is 11.6. The number of urea groups is 1. The molecule has 7 nitrogen and oxygen atoms in total. The first-order valence-corrected chi connectivity index (χ1v) is 6.51. The van der Waals surface area contributed by atoms with E-state index in [1.807, 2.05) is 13.8 Å². The molecule has 0 bridgehead atoms. The van der Waals surface area contributed by atoms with Gasteiger partial charge in [0.05, 0.1) is 13.0 Å². The highest BCUT2D eigenvalue weighted by Gasteiger charge is 2.12. The van der Waals surface area contributed by atoms with Gasteiger partial charge in [0, 0.05) is 13.1 Å². The number of carbonyl (C=O) groups excluding carboxylic acids is 2. The van der Waals surface area contributed by atoms with Gasteiger partial charge in [0.2, 0.25) is 5.91 Å². The summed E-state index contributed by atoms with van der Waals surface area (Å²) in [6.45, 7) is 5.23. The first kappa shape index (κ1) is 17.4. The molecule has 0 saturated carbocycles. The number of aliphatic carboxylic acids is 1. The minimum absolute atomic E-state index is 0.0188. The number of hydrogen-bond donors (Lipinski definition) is 3. The van der Waals surface area contributed by atoms with Gasteiger partial charge in [0.15, 0.2) is 0 Å². The molecule has 0 saturated heterocycles. The Hall–Kier alpha value is -1.63. The van der Waals surface area contributed by atoms with Gasteiger partial charge in [-0.2, -0.15) is 0 Å². The first-order chi connectivity index (χ1) is 8.99. The Balaban J connectivity index is 3.92. The average Bonchev–Trinajstić information content (AvgIpc) is 2.34. The summed E-state index contributed by atoms with van der Waals surface area (Å²) in [6.07, 6.45) is 1.80. The second-order valence-corrected chi connectivity index (χ2v) is 4.17. The van der Waals surface area contributed by atoms with E-state index in [0.29, 0.717) is 13.1 Å². The third kappa shape index (κ3) is 10.0. The summed E-state index contributed by atoms with van der Waals surface area (Å²) < 4.78 is 0. The van der Waals surface area contributed by atoms with Crippen LogP contribution in [-0.2, 0) is 9.59 Å². The van der Waals surface area contributed by atoms with Gasteiger partial charge >= 0.3 is 12.0 Å². The van der Waals surface area contributed by atoms with Crippen LogP contribution in [0.4, 0.5) is 4.79 Å². The number of rotatable bonds is 9.